The van der Waals surface area contributed by atoms with Gasteiger partial charge < -0.3 is 4.57 Å². The highest BCUT2D eigenvalue weighted by Gasteiger charge is 2.18. The van der Waals surface area contributed by atoms with Crippen LogP contribution in [0.15, 0.2) is 6.20 Å². The Bertz CT molecular complexity index is 432. The smallest absolute Gasteiger partial charge is 0.158 e. The maximum absolute atomic E-state index is 11.7. The predicted octanol–water partition coefficient (Wildman–Crippen LogP) is 1.53. The van der Waals surface area contributed by atoms with E-state index in [1.807, 2.05) is 24.6 Å². The third-order valence-corrected chi connectivity index (χ3v) is 4.57. The zero-order chi connectivity index (χ0) is 11.6. The van der Waals surface area contributed by atoms with Crippen molar-refractivity contribution in [1.82, 2.24) is 9.55 Å². The number of aryl methyl sites for hydroxylation is 2. The lowest BCUT2D eigenvalue weighted by Crippen LogP contribution is -2.16. The van der Waals surface area contributed by atoms with E-state index in [0.717, 1.165) is 12.4 Å². The summed E-state index contributed by atoms with van der Waals surface area (Å²) in [5.41, 5.74) is 0.642. The van der Waals surface area contributed by atoms with Crippen LogP contribution in [0.3, 0.4) is 0 Å². The molecule has 0 saturated carbocycles. The van der Waals surface area contributed by atoms with Crippen LogP contribution in [0.1, 0.15) is 32.3 Å². The van der Waals surface area contributed by atoms with Gasteiger partial charge in [0.25, 0.3) is 0 Å². The van der Waals surface area contributed by atoms with E-state index in [4.69, 9.17) is 0 Å². The molecule has 0 amide bonds. The highest BCUT2D eigenvalue weighted by molar-refractivity contribution is 7.91. The molecule has 0 aliphatic heterocycles. The Hall–Kier alpha value is -0.840. The first-order valence-corrected chi connectivity index (χ1v) is 6.82. The molecule has 1 heterocycles. The molecule has 4 nitrogen and oxygen atoms in total. The van der Waals surface area contributed by atoms with Crippen molar-refractivity contribution in [2.75, 3.05) is 0 Å². The summed E-state index contributed by atoms with van der Waals surface area (Å²) in [6, 6.07) is 0. The molecule has 5 heteroatoms. The van der Waals surface area contributed by atoms with Gasteiger partial charge in [-0.2, -0.15) is 0 Å². The summed E-state index contributed by atoms with van der Waals surface area (Å²) in [6.45, 7) is 8.10. The van der Waals surface area contributed by atoms with Gasteiger partial charge in [0.15, 0.2) is 9.84 Å². The molecular weight excluding hydrogens is 212 g/mol. The summed E-state index contributed by atoms with van der Waals surface area (Å²) in [6.07, 6.45) is 1.81. The maximum Gasteiger partial charge on any atom is 0.158 e. The second-order valence-corrected chi connectivity index (χ2v) is 6.48. The topological polar surface area (TPSA) is 52.0 Å². The minimum absolute atomic E-state index is 0.0402. The lowest BCUT2D eigenvalue weighted by Gasteiger charge is -2.04. The van der Waals surface area contributed by atoms with E-state index < -0.39 is 9.84 Å². The SMILES string of the molecule is CCn1cc(CS(=O)(=O)C(C)C)nc1C. The quantitative estimate of drug-likeness (QED) is 0.788. The van der Waals surface area contributed by atoms with Crippen molar-refractivity contribution in [2.24, 2.45) is 0 Å². The summed E-state index contributed by atoms with van der Waals surface area (Å²) in [7, 11) is -3.04. The van der Waals surface area contributed by atoms with E-state index >= 15 is 0 Å². The van der Waals surface area contributed by atoms with E-state index in [2.05, 4.69) is 4.98 Å². The minimum atomic E-state index is -3.04. The molecule has 0 aliphatic carbocycles. The largest absolute Gasteiger partial charge is 0.335 e. The van der Waals surface area contributed by atoms with E-state index in [1.54, 1.807) is 13.8 Å². The fraction of sp³-hybridized carbons (Fsp3) is 0.700. The number of hydrogen-bond acceptors (Lipinski definition) is 3. The molecule has 1 aromatic heterocycles. The molecule has 0 bridgehead atoms. The predicted molar refractivity (Wildman–Crippen MR) is 60.4 cm³/mol. The average molecular weight is 230 g/mol. The molecule has 0 atom stereocenters. The zero-order valence-corrected chi connectivity index (χ0v) is 10.5. The van der Waals surface area contributed by atoms with E-state index in [9.17, 15) is 8.42 Å². The number of aromatic nitrogens is 2. The van der Waals surface area contributed by atoms with Crippen molar-refractivity contribution in [2.45, 2.75) is 45.2 Å². The Kier molecular flexibility index (Phi) is 3.54. The number of sulfone groups is 1. The molecule has 0 aromatic carbocycles. The Morgan fingerprint density at radius 1 is 1.47 bits per heavy atom. The fourth-order valence-electron chi connectivity index (χ4n) is 1.34. The van der Waals surface area contributed by atoms with Crippen LogP contribution in [0.2, 0.25) is 0 Å². The summed E-state index contributed by atoms with van der Waals surface area (Å²) >= 11 is 0. The molecule has 0 aliphatic rings. The Morgan fingerprint density at radius 3 is 2.47 bits per heavy atom. The first-order valence-electron chi connectivity index (χ1n) is 5.11. The standard InChI is InChI=1S/C10H18N2O2S/c1-5-12-6-10(11-9(12)4)7-15(13,14)8(2)3/h6,8H,5,7H2,1-4H3. The summed E-state index contributed by atoms with van der Waals surface area (Å²) in [4.78, 5) is 4.23. The summed E-state index contributed by atoms with van der Waals surface area (Å²) in [5.74, 6) is 0.907. The van der Waals surface area contributed by atoms with Gasteiger partial charge in [-0.25, -0.2) is 13.4 Å². The number of imidazole rings is 1. The molecule has 1 aromatic rings. The highest BCUT2D eigenvalue weighted by atomic mass is 32.2. The molecule has 1 rings (SSSR count). The van der Waals surface area contributed by atoms with Gasteiger partial charge in [-0.1, -0.05) is 0 Å². The monoisotopic (exact) mass is 230 g/mol. The number of hydrogen-bond donors (Lipinski definition) is 0. The molecular formula is C10H18N2O2S. The van der Waals surface area contributed by atoms with Crippen LogP contribution in [0.5, 0.6) is 0 Å². The Morgan fingerprint density at radius 2 is 2.07 bits per heavy atom. The molecule has 0 N–H and O–H groups in total. The van der Waals surface area contributed by atoms with E-state index in [1.165, 1.54) is 0 Å². The van der Waals surface area contributed by atoms with Gasteiger partial charge in [0.2, 0.25) is 0 Å². The van der Waals surface area contributed by atoms with Gasteiger partial charge in [-0.15, -0.1) is 0 Å². The number of nitrogens with zero attached hydrogens (tertiary/aromatic N) is 2. The van der Waals surface area contributed by atoms with Crippen molar-refractivity contribution in [3.8, 4) is 0 Å². The van der Waals surface area contributed by atoms with Gasteiger partial charge in [0, 0.05) is 12.7 Å². The van der Waals surface area contributed by atoms with Gasteiger partial charge in [-0.3, -0.25) is 0 Å². The first-order chi connectivity index (χ1) is 6.86. The first kappa shape index (κ1) is 12.2. The van der Waals surface area contributed by atoms with Gasteiger partial charge >= 0.3 is 0 Å². The molecule has 0 spiro atoms. The van der Waals surface area contributed by atoms with Gasteiger partial charge in [0.1, 0.15) is 5.82 Å². The molecule has 15 heavy (non-hydrogen) atoms. The van der Waals surface area contributed by atoms with Crippen molar-refractivity contribution >= 4 is 9.84 Å². The van der Waals surface area contributed by atoms with Crippen LogP contribution < -0.4 is 0 Å². The highest BCUT2D eigenvalue weighted by Crippen LogP contribution is 2.10. The maximum atomic E-state index is 11.7. The lowest BCUT2D eigenvalue weighted by atomic mass is 10.5. The minimum Gasteiger partial charge on any atom is -0.335 e. The van der Waals surface area contributed by atoms with Crippen molar-refractivity contribution < 1.29 is 8.42 Å². The third-order valence-electron chi connectivity index (χ3n) is 2.43. The Labute approximate surface area is 91.3 Å². The van der Waals surface area contributed by atoms with E-state index in [0.29, 0.717) is 5.69 Å². The normalized spacial score (nSPS) is 12.3. The molecule has 0 fully saturated rings. The van der Waals surface area contributed by atoms with E-state index in [-0.39, 0.29) is 11.0 Å². The van der Waals surface area contributed by atoms with Crippen LogP contribution >= 0.6 is 0 Å². The summed E-state index contributed by atoms with van der Waals surface area (Å²) in [5, 5.41) is -0.343. The van der Waals surface area contributed by atoms with Crippen molar-refractivity contribution in [1.29, 1.82) is 0 Å². The molecule has 0 radical (unpaired) electrons. The Balaban J connectivity index is 2.91. The molecule has 0 saturated heterocycles. The van der Waals surface area contributed by atoms with Crippen LogP contribution in [0.4, 0.5) is 0 Å². The molecule has 0 unspecified atom stereocenters. The summed E-state index contributed by atoms with van der Waals surface area (Å²) < 4.78 is 25.3. The van der Waals surface area contributed by atoms with Crippen molar-refractivity contribution in [3.05, 3.63) is 17.7 Å². The second-order valence-electron chi connectivity index (χ2n) is 3.92. The van der Waals surface area contributed by atoms with Crippen molar-refractivity contribution in [3.63, 3.8) is 0 Å². The zero-order valence-electron chi connectivity index (χ0n) is 9.69. The van der Waals surface area contributed by atoms with Crippen LogP contribution in [0.25, 0.3) is 0 Å². The number of rotatable bonds is 4. The van der Waals surface area contributed by atoms with Crippen LogP contribution in [-0.4, -0.2) is 23.2 Å². The fourth-order valence-corrected chi connectivity index (χ4v) is 2.22. The van der Waals surface area contributed by atoms with Crippen LogP contribution in [-0.2, 0) is 22.1 Å². The van der Waals surface area contributed by atoms with Gasteiger partial charge in [0.05, 0.1) is 16.7 Å². The molecule has 86 valence electrons. The average Bonchev–Trinajstić information content (AvgIpc) is 2.44. The lowest BCUT2D eigenvalue weighted by molar-refractivity contribution is 0.586. The van der Waals surface area contributed by atoms with Crippen LogP contribution in [0, 0.1) is 6.92 Å². The second kappa shape index (κ2) is 4.35. The third kappa shape index (κ3) is 2.81. The van der Waals surface area contributed by atoms with Gasteiger partial charge in [-0.05, 0) is 27.7 Å².